The predicted octanol–water partition coefficient (Wildman–Crippen LogP) is 4.30. The maximum atomic E-state index is 12.6. The lowest BCUT2D eigenvalue weighted by Gasteiger charge is -2.28. The summed E-state index contributed by atoms with van der Waals surface area (Å²) in [6.45, 7) is 8.00. The van der Waals surface area contributed by atoms with E-state index >= 15 is 0 Å². The van der Waals surface area contributed by atoms with Crippen molar-refractivity contribution < 1.29 is 14.4 Å². The molecule has 2 aromatic rings. The number of hydrogen-bond donors (Lipinski definition) is 2. The molecule has 126 valence electrons. The number of carbonyl (C=O) groups excluding carboxylic acids is 1. The van der Waals surface area contributed by atoms with E-state index in [1.165, 1.54) is 0 Å². The topological polar surface area (TPSA) is 74.8 Å². The van der Waals surface area contributed by atoms with E-state index in [2.05, 4.69) is 24.3 Å². The number of furan rings is 1. The van der Waals surface area contributed by atoms with Crippen molar-refractivity contribution in [3.05, 3.63) is 52.5 Å². The fraction of sp³-hybridized carbons (Fsp3) is 0.368. The monoisotopic (exact) mass is 326 g/mol. The van der Waals surface area contributed by atoms with Gasteiger partial charge < -0.3 is 14.9 Å². The number of fused-ring (bicyclic) bond motifs is 1. The Balaban J connectivity index is 1.94. The van der Waals surface area contributed by atoms with Crippen LogP contribution in [0.2, 0.25) is 0 Å². The molecule has 0 aliphatic heterocycles. The quantitative estimate of drug-likeness (QED) is 0.638. The third-order valence-corrected chi connectivity index (χ3v) is 4.43. The van der Waals surface area contributed by atoms with Crippen molar-refractivity contribution in [3.8, 4) is 0 Å². The lowest BCUT2D eigenvalue weighted by Crippen LogP contribution is -2.27. The third-order valence-electron chi connectivity index (χ3n) is 4.43. The summed E-state index contributed by atoms with van der Waals surface area (Å²) in [5, 5.41) is 15.6. The molecule has 0 saturated carbocycles. The van der Waals surface area contributed by atoms with Gasteiger partial charge in [0.05, 0.1) is 5.71 Å². The lowest BCUT2D eigenvalue weighted by molar-refractivity contribution is 0.0993. The Morgan fingerprint density at radius 1 is 1.21 bits per heavy atom. The second-order valence-electron chi connectivity index (χ2n) is 7.24. The van der Waals surface area contributed by atoms with Crippen LogP contribution in [0.4, 0.5) is 5.69 Å². The van der Waals surface area contributed by atoms with Gasteiger partial charge in [-0.25, -0.2) is 0 Å². The summed E-state index contributed by atoms with van der Waals surface area (Å²) in [4.78, 5) is 12.6. The van der Waals surface area contributed by atoms with Crippen LogP contribution in [0.15, 0.2) is 33.8 Å². The van der Waals surface area contributed by atoms with Gasteiger partial charge >= 0.3 is 0 Å². The molecule has 0 bridgehead atoms. The van der Waals surface area contributed by atoms with Gasteiger partial charge in [-0.15, -0.1) is 0 Å². The molecule has 3 rings (SSSR count). The summed E-state index contributed by atoms with van der Waals surface area (Å²) >= 11 is 0. The molecule has 1 amide bonds. The summed E-state index contributed by atoms with van der Waals surface area (Å²) in [5.41, 5.74) is 3.85. The highest BCUT2D eigenvalue weighted by molar-refractivity contribution is 6.09. The van der Waals surface area contributed by atoms with Crippen LogP contribution in [0.25, 0.3) is 0 Å². The largest absolute Gasteiger partial charge is 0.455 e. The minimum atomic E-state index is -0.291. The molecule has 2 N–H and O–H groups in total. The normalized spacial score (nSPS) is 17.6. The Labute approximate surface area is 141 Å². The lowest BCUT2D eigenvalue weighted by atomic mass is 9.75. The standard InChI is InChI=1S/C19H22N2O3/c1-11-5-7-13(8-6-11)20-18(22)17-12(2)16-14(21-23)9-19(3,4)10-15(16)24-17/h5-8,23H,9-10H2,1-4H3,(H,20,22)/b21-14-. The molecule has 0 saturated heterocycles. The van der Waals surface area contributed by atoms with E-state index < -0.39 is 0 Å². The molecule has 5 nitrogen and oxygen atoms in total. The van der Waals surface area contributed by atoms with Crippen LogP contribution in [0.3, 0.4) is 0 Å². The van der Waals surface area contributed by atoms with E-state index in [1.54, 1.807) is 0 Å². The number of nitrogens with zero attached hydrogens (tertiary/aromatic N) is 1. The van der Waals surface area contributed by atoms with Crippen LogP contribution in [0.5, 0.6) is 0 Å². The first-order chi connectivity index (χ1) is 11.3. The molecule has 1 aromatic carbocycles. The van der Waals surface area contributed by atoms with Crippen molar-refractivity contribution in [3.63, 3.8) is 0 Å². The molecule has 0 fully saturated rings. The Morgan fingerprint density at radius 3 is 2.50 bits per heavy atom. The van der Waals surface area contributed by atoms with Gasteiger partial charge in [-0.1, -0.05) is 36.7 Å². The van der Waals surface area contributed by atoms with E-state index in [0.29, 0.717) is 24.3 Å². The molecule has 0 atom stereocenters. The smallest absolute Gasteiger partial charge is 0.291 e. The second-order valence-corrected chi connectivity index (χ2v) is 7.24. The molecule has 1 aromatic heterocycles. The fourth-order valence-corrected chi connectivity index (χ4v) is 3.24. The molecule has 1 aliphatic carbocycles. The Hall–Kier alpha value is -2.56. The van der Waals surface area contributed by atoms with Gasteiger partial charge in [-0.2, -0.15) is 0 Å². The minimum Gasteiger partial charge on any atom is -0.455 e. The number of aryl methyl sites for hydroxylation is 1. The summed E-state index contributed by atoms with van der Waals surface area (Å²) < 4.78 is 5.86. The molecule has 1 aliphatic rings. The Morgan fingerprint density at radius 2 is 1.88 bits per heavy atom. The highest BCUT2D eigenvalue weighted by Crippen LogP contribution is 2.38. The predicted molar refractivity (Wildman–Crippen MR) is 93.0 cm³/mol. The number of rotatable bonds is 2. The molecule has 0 radical (unpaired) electrons. The van der Waals surface area contributed by atoms with E-state index in [0.717, 1.165) is 22.4 Å². The molecule has 1 heterocycles. The van der Waals surface area contributed by atoms with Gasteiger partial charge in [0.15, 0.2) is 5.76 Å². The average molecular weight is 326 g/mol. The number of nitrogens with one attached hydrogen (secondary N) is 1. The highest BCUT2D eigenvalue weighted by Gasteiger charge is 2.36. The molecule has 0 spiro atoms. The zero-order valence-corrected chi connectivity index (χ0v) is 14.4. The third kappa shape index (κ3) is 2.94. The van der Waals surface area contributed by atoms with Crippen LogP contribution >= 0.6 is 0 Å². The van der Waals surface area contributed by atoms with E-state index in [4.69, 9.17) is 4.42 Å². The molecule has 24 heavy (non-hydrogen) atoms. The van der Waals surface area contributed by atoms with Gasteiger partial charge in [0, 0.05) is 23.2 Å². The Bertz CT molecular complexity index is 814. The number of benzene rings is 1. The number of anilines is 1. The zero-order chi connectivity index (χ0) is 17.5. The Kier molecular flexibility index (Phi) is 3.95. The van der Waals surface area contributed by atoms with Crippen LogP contribution in [0.1, 0.15) is 53.3 Å². The maximum Gasteiger partial charge on any atom is 0.291 e. The van der Waals surface area contributed by atoms with Gasteiger partial charge in [-0.05, 0) is 37.8 Å². The van der Waals surface area contributed by atoms with Crippen LogP contribution < -0.4 is 5.32 Å². The summed E-state index contributed by atoms with van der Waals surface area (Å²) in [5.74, 6) is 0.700. The van der Waals surface area contributed by atoms with E-state index in [1.807, 2.05) is 38.1 Å². The van der Waals surface area contributed by atoms with Crippen molar-refractivity contribution >= 4 is 17.3 Å². The van der Waals surface area contributed by atoms with Gasteiger partial charge in [0.1, 0.15) is 5.76 Å². The maximum absolute atomic E-state index is 12.6. The van der Waals surface area contributed by atoms with Crippen LogP contribution in [-0.4, -0.2) is 16.8 Å². The number of carbonyl (C=O) groups is 1. The SMILES string of the molecule is Cc1ccc(NC(=O)c2oc3c(c2C)/C(=N\O)CC(C)(C)C3)cc1. The van der Waals surface area contributed by atoms with E-state index in [9.17, 15) is 10.0 Å². The van der Waals surface area contributed by atoms with Crippen LogP contribution in [-0.2, 0) is 6.42 Å². The van der Waals surface area contributed by atoms with Gasteiger partial charge in [0.25, 0.3) is 5.91 Å². The first-order valence-corrected chi connectivity index (χ1v) is 8.02. The number of amides is 1. The minimum absolute atomic E-state index is 0.0659. The fourth-order valence-electron chi connectivity index (χ4n) is 3.24. The van der Waals surface area contributed by atoms with Crippen molar-refractivity contribution in [2.45, 2.75) is 40.5 Å². The summed E-state index contributed by atoms with van der Waals surface area (Å²) in [7, 11) is 0. The first kappa shape index (κ1) is 16.3. The zero-order valence-electron chi connectivity index (χ0n) is 14.4. The van der Waals surface area contributed by atoms with Crippen molar-refractivity contribution in [2.75, 3.05) is 5.32 Å². The summed E-state index contributed by atoms with van der Waals surface area (Å²) in [6.07, 6.45) is 1.36. The molecule has 0 unspecified atom stereocenters. The van der Waals surface area contributed by atoms with Crippen molar-refractivity contribution in [1.82, 2.24) is 0 Å². The van der Waals surface area contributed by atoms with Crippen molar-refractivity contribution in [1.29, 1.82) is 0 Å². The summed E-state index contributed by atoms with van der Waals surface area (Å²) in [6, 6.07) is 7.59. The van der Waals surface area contributed by atoms with Crippen molar-refractivity contribution in [2.24, 2.45) is 10.6 Å². The number of oxime groups is 1. The van der Waals surface area contributed by atoms with Gasteiger partial charge in [-0.3, -0.25) is 4.79 Å². The molecular formula is C19H22N2O3. The van der Waals surface area contributed by atoms with Gasteiger partial charge in [0.2, 0.25) is 0 Å². The molecule has 5 heteroatoms. The highest BCUT2D eigenvalue weighted by atomic mass is 16.4. The average Bonchev–Trinajstić information content (AvgIpc) is 2.84. The number of hydrogen-bond acceptors (Lipinski definition) is 4. The second kappa shape index (κ2) is 5.82. The van der Waals surface area contributed by atoms with Crippen LogP contribution in [0, 0.1) is 19.3 Å². The first-order valence-electron chi connectivity index (χ1n) is 8.02. The molecular weight excluding hydrogens is 304 g/mol. The van der Waals surface area contributed by atoms with E-state index in [-0.39, 0.29) is 17.1 Å².